The Hall–Kier alpha value is -1.86. The number of hydrogen-bond acceptors (Lipinski definition) is 3. The summed E-state index contributed by atoms with van der Waals surface area (Å²) in [4.78, 5) is 15.8. The van der Waals surface area contributed by atoms with Gasteiger partial charge in [-0.25, -0.2) is 0 Å². The van der Waals surface area contributed by atoms with Gasteiger partial charge >= 0.3 is 0 Å². The molecule has 1 aromatic carbocycles. The molecule has 2 fully saturated rings. The first kappa shape index (κ1) is 18.9. The normalized spacial score (nSPS) is 20.4. The van der Waals surface area contributed by atoms with Gasteiger partial charge in [0.2, 0.25) is 0 Å². The lowest BCUT2D eigenvalue weighted by Gasteiger charge is -2.45. The fourth-order valence-corrected chi connectivity index (χ4v) is 4.50. The predicted octanol–water partition coefficient (Wildman–Crippen LogP) is 0.781. The van der Waals surface area contributed by atoms with Crippen LogP contribution >= 0.6 is 12.2 Å². The van der Waals surface area contributed by atoms with Gasteiger partial charge in [0.25, 0.3) is 5.91 Å². The number of thiocarbonyl (C=S) groups is 1. The molecule has 0 unspecified atom stereocenters. The maximum absolute atomic E-state index is 12.3. The molecule has 0 radical (unpaired) electrons. The van der Waals surface area contributed by atoms with Crippen LogP contribution in [-0.2, 0) is 4.79 Å². The van der Waals surface area contributed by atoms with E-state index in [-0.39, 0.29) is 5.91 Å². The van der Waals surface area contributed by atoms with Crippen LogP contribution in [-0.4, -0.2) is 54.7 Å². The molecule has 2 heterocycles. The molecule has 6 nitrogen and oxygen atoms in total. The van der Waals surface area contributed by atoms with E-state index in [1.807, 2.05) is 24.3 Å². The third-order valence-corrected chi connectivity index (χ3v) is 6.21. The van der Waals surface area contributed by atoms with E-state index in [1.54, 1.807) is 7.11 Å². The number of rotatable bonds is 4. The molecule has 7 heteroatoms. The molecule has 3 rings (SSSR count). The highest BCUT2D eigenvalue weighted by molar-refractivity contribution is 7.80. The smallest absolute Gasteiger partial charge is 0.278 e. The van der Waals surface area contributed by atoms with Gasteiger partial charge in [0.1, 0.15) is 5.75 Å². The van der Waals surface area contributed by atoms with Gasteiger partial charge in [0.05, 0.1) is 20.2 Å². The molecule has 0 saturated carbocycles. The van der Waals surface area contributed by atoms with Crippen molar-refractivity contribution in [1.29, 1.82) is 0 Å². The highest BCUT2D eigenvalue weighted by atomic mass is 32.1. The summed E-state index contributed by atoms with van der Waals surface area (Å²) in [6.07, 6.45) is 5.17. The third-order valence-electron chi connectivity index (χ3n) is 5.85. The van der Waals surface area contributed by atoms with Crippen molar-refractivity contribution in [3.05, 3.63) is 24.3 Å². The van der Waals surface area contributed by atoms with Crippen LogP contribution in [0.25, 0.3) is 0 Å². The van der Waals surface area contributed by atoms with Crippen LogP contribution in [0.3, 0.4) is 0 Å². The van der Waals surface area contributed by atoms with E-state index in [4.69, 9.17) is 22.7 Å². The van der Waals surface area contributed by atoms with E-state index in [2.05, 4.69) is 10.2 Å². The van der Waals surface area contributed by atoms with Crippen LogP contribution in [0, 0.1) is 0 Å². The van der Waals surface area contributed by atoms with Gasteiger partial charge in [0, 0.05) is 31.6 Å². The molecule has 0 bridgehead atoms. The molecule has 1 amide bonds. The average molecular weight is 378 g/mol. The summed E-state index contributed by atoms with van der Waals surface area (Å²) in [6, 6.07) is 7.69. The number of methoxy groups -OCH3 is 1. The molecule has 2 saturated heterocycles. The zero-order valence-electron chi connectivity index (χ0n) is 15.4. The molecular formula is C19H29N4O2S+. The fraction of sp³-hybridized carbons (Fsp3) is 0.579. The Kier molecular flexibility index (Phi) is 5.98. The molecule has 4 N–H and O–H groups in total. The topological polar surface area (TPSA) is 72.0 Å². The molecule has 2 aliphatic heterocycles. The summed E-state index contributed by atoms with van der Waals surface area (Å²) in [5.74, 6) is 0.665. The van der Waals surface area contributed by atoms with Gasteiger partial charge in [-0.1, -0.05) is 0 Å². The molecule has 0 spiro atoms. The predicted molar refractivity (Wildman–Crippen MR) is 106 cm³/mol. The van der Waals surface area contributed by atoms with Crippen molar-refractivity contribution in [2.45, 2.75) is 37.6 Å². The van der Waals surface area contributed by atoms with Gasteiger partial charge in [-0.3, -0.25) is 4.79 Å². The monoisotopic (exact) mass is 377 g/mol. The lowest BCUT2D eigenvalue weighted by atomic mass is 9.83. The van der Waals surface area contributed by atoms with Crippen molar-refractivity contribution >= 4 is 28.9 Å². The summed E-state index contributed by atoms with van der Waals surface area (Å²) in [7, 11) is 1.65. The summed E-state index contributed by atoms with van der Waals surface area (Å²) in [5, 5.41) is 3.97. The average Bonchev–Trinajstić information content (AvgIpc) is 2.69. The first-order valence-electron chi connectivity index (χ1n) is 9.40. The van der Waals surface area contributed by atoms with E-state index in [0.717, 1.165) is 50.5 Å². The van der Waals surface area contributed by atoms with Gasteiger partial charge < -0.3 is 25.6 Å². The van der Waals surface area contributed by atoms with Crippen molar-refractivity contribution in [3.8, 4) is 5.75 Å². The Balaban J connectivity index is 1.60. The summed E-state index contributed by atoms with van der Waals surface area (Å²) in [5.41, 5.74) is 6.38. The standard InChI is InChI=1S/C19H28N4O2S/c1-25-16-7-5-15(6-8-16)21-18(26)22-13-9-19(10-14-22,17(20)24)23-11-3-2-4-12-23/h5-8H,2-4,9-14H2,1H3,(H2,20,24)(H,21,26)/p+1. The second-order valence-electron chi connectivity index (χ2n) is 7.26. The number of likely N-dealkylation sites (tertiary alicyclic amines) is 2. The number of piperidine rings is 2. The second kappa shape index (κ2) is 8.22. The number of nitrogens with two attached hydrogens (primary N) is 1. The van der Waals surface area contributed by atoms with E-state index in [0.29, 0.717) is 5.11 Å². The number of anilines is 1. The highest BCUT2D eigenvalue weighted by Crippen LogP contribution is 2.22. The number of ether oxygens (including phenoxy) is 1. The fourth-order valence-electron chi connectivity index (χ4n) is 4.20. The maximum atomic E-state index is 12.3. The van der Waals surface area contributed by atoms with Crippen LogP contribution in [0.4, 0.5) is 5.69 Å². The number of hydrogen-bond donors (Lipinski definition) is 3. The minimum atomic E-state index is -0.424. The van der Waals surface area contributed by atoms with Crippen molar-refractivity contribution in [2.75, 3.05) is 38.6 Å². The number of carbonyl (C=O) groups excluding carboxylic acids is 1. The Morgan fingerprint density at radius 1 is 1.19 bits per heavy atom. The summed E-state index contributed by atoms with van der Waals surface area (Å²) in [6.45, 7) is 3.62. The Bertz CT molecular complexity index is 635. The molecule has 142 valence electrons. The van der Waals surface area contributed by atoms with Gasteiger partial charge in [-0.2, -0.15) is 0 Å². The van der Waals surface area contributed by atoms with Crippen LogP contribution in [0.15, 0.2) is 24.3 Å². The quantitative estimate of drug-likeness (QED) is 0.677. The largest absolute Gasteiger partial charge is 0.497 e. The van der Waals surface area contributed by atoms with Crippen molar-refractivity contribution in [2.24, 2.45) is 5.73 Å². The van der Waals surface area contributed by atoms with Crippen molar-refractivity contribution in [3.63, 3.8) is 0 Å². The SMILES string of the molecule is COc1ccc(NC(=S)N2CCC(C(N)=O)([NH+]3CCCCC3)CC2)cc1. The number of nitrogens with zero attached hydrogens (tertiary/aromatic N) is 1. The number of quaternary nitrogens is 1. The lowest BCUT2D eigenvalue weighted by Crippen LogP contribution is -3.22. The number of carbonyl (C=O) groups is 1. The van der Waals surface area contributed by atoms with Crippen LogP contribution in [0.1, 0.15) is 32.1 Å². The van der Waals surface area contributed by atoms with E-state index in [1.165, 1.54) is 24.2 Å². The third kappa shape index (κ3) is 3.94. The first-order valence-corrected chi connectivity index (χ1v) is 9.81. The van der Waals surface area contributed by atoms with Crippen molar-refractivity contribution in [1.82, 2.24) is 4.90 Å². The molecule has 1 aromatic rings. The molecule has 0 aliphatic carbocycles. The molecule has 2 aliphatic rings. The zero-order valence-corrected chi connectivity index (χ0v) is 16.2. The van der Waals surface area contributed by atoms with E-state index >= 15 is 0 Å². The minimum Gasteiger partial charge on any atom is -0.497 e. The van der Waals surface area contributed by atoms with Crippen molar-refractivity contribution < 1.29 is 14.4 Å². The Morgan fingerprint density at radius 3 is 2.35 bits per heavy atom. The molecule has 26 heavy (non-hydrogen) atoms. The van der Waals surface area contributed by atoms with E-state index < -0.39 is 5.54 Å². The highest BCUT2D eigenvalue weighted by Gasteiger charge is 2.49. The summed E-state index contributed by atoms with van der Waals surface area (Å²) < 4.78 is 5.18. The Morgan fingerprint density at radius 2 is 1.81 bits per heavy atom. The number of benzene rings is 1. The molecule has 0 aromatic heterocycles. The molecule has 0 atom stereocenters. The molecular weight excluding hydrogens is 348 g/mol. The lowest BCUT2D eigenvalue weighted by molar-refractivity contribution is -0.948. The van der Waals surface area contributed by atoms with Gasteiger partial charge in [-0.05, 0) is 55.7 Å². The van der Waals surface area contributed by atoms with Crippen LogP contribution < -0.4 is 20.7 Å². The van der Waals surface area contributed by atoms with E-state index in [9.17, 15) is 4.79 Å². The van der Waals surface area contributed by atoms with Gasteiger partial charge in [0.15, 0.2) is 10.7 Å². The number of nitrogens with one attached hydrogen (secondary N) is 2. The van der Waals surface area contributed by atoms with Crippen LogP contribution in [0.2, 0.25) is 0 Å². The number of primary amides is 1. The zero-order chi connectivity index (χ0) is 18.6. The Labute approximate surface area is 160 Å². The summed E-state index contributed by atoms with van der Waals surface area (Å²) >= 11 is 5.57. The maximum Gasteiger partial charge on any atom is 0.278 e. The number of amides is 1. The van der Waals surface area contributed by atoms with Gasteiger partial charge in [-0.15, -0.1) is 0 Å². The van der Waals surface area contributed by atoms with Crippen LogP contribution in [0.5, 0.6) is 5.75 Å². The first-order chi connectivity index (χ1) is 12.5. The minimum absolute atomic E-state index is 0.150. The second-order valence-corrected chi connectivity index (χ2v) is 7.64.